The van der Waals surface area contributed by atoms with Gasteiger partial charge in [-0.25, -0.2) is 29.5 Å². The molecule has 0 fully saturated rings. The number of nitrogens with one attached hydrogen (secondary N) is 4. The smallest absolute Gasteiger partial charge is 0.335 e. The number of hydrogen-bond donors (Lipinski definition) is 10. The van der Waals surface area contributed by atoms with Crippen LogP contribution in [0.5, 0.6) is 0 Å². The van der Waals surface area contributed by atoms with Gasteiger partial charge < -0.3 is 59.3 Å². The van der Waals surface area contributed by atoms with Crippen LogP contribution in [0.25, 0.3) is 10.9 Å². The monoisotopic (exact) mass is 1140 g/mol. The number of carboxylic acids is 2. The molecule has 79 heavy (non-hydrogen) atoms. The number of nitrogens with two attached hydrogens (primary N) is 4. The number of carbonyl (C=O) groups is 3. The number of nitrogen functional groups attached to an aromatic ring is 4. The number of carboxylic acid groups (broad SMARTS) is 2. The van der Waals surface area contributed by atoms with Crippen LogP contribution in [0.4, 0.5) is 69.3 Å². The van der Waals surface area contributed by atoms with Gasteiger partial charge in [-0.05, 0) is 148 Å². The molecule has 0 saturated carbocycles. The molecule has 9 rings (SSSR count). The molecule has 9 aromatic rings. The minimum Gasteiger partial charge on any atom is -0.478 e. The number of aryl methyl sites for hydroxylation is 3. The van der Waals surface area contributed by atoms with E-state index in [0.29, 0.717) is 33.7 Å². The third-order valence-corrected chi connectivity index (χ3v) is 10.4. The first-order valence-electron chi connectivity index (χ1n) is 23.6. The van der Waals surface area contributed by atoms with Crippen molar-refractivity contribution in [1.82, 2.24) is 34.9 Å². The molecule has 21 nitrogen and oxygen atoms in total. The van der Waals surface area contributed by atoms with Gasteiger partial charge in [-0.1, -0.05) is 26.5 Å². The van der Waals surface area contributed by atoms with Crippen molar-refractivity contribution in [1.29, 1.82) is 0 Å². The van der Waals surface area contributed by atoms with Crippen molar-refractivity contribution in [2.75, 3.05) is 63.2 Å². The van der Waals surface area contributed by atoms with Crippen molar-refractivity contribution in [2.24, 2.45) is 0 Å². The van der Waals surface area contributed by atoms with E-state index in [2.05, 4.69) is 73.2 Å². The average Bonchev–Trinajstić information content (AvgIpc) is 3.37. The number of rotatable bonds is 11. The summed E-state index contributed by atoms with van der Waals surface area (Å²) in [6, 6.07) is 40.5. The summed E-state index contributed by atoms with van der Waals surface area (Å²) < 4.78 is 10.0. The van der Waals surface area contributed by atoms with Crippen LogP contribution in [-0.2, 0) is 0 Å². The second kappa shape index (κ2) is 30.8. The zero-order valence-electron chi connectivity index (χ0n) is 44.1. The Morgan fingerprint density at radius 3 is 1.39 bits per heavy atom. The van der Waals surface area contributed by atoms with E-state index in [1.807, 2.05) is 83.4 Å². The molecule has 4 heterocycles. The van der Waals surface area contributed by atoms with Crippen molar-refractivity contribution in [3.05, 3.63) is 185 Å². The largest absolute Gasteiger partial charge is 0.478 e. The summed E-state index contributed by atoms with van der Waals surface area (Å²) in [5.41, 5.74) is 31.9. The molecule has 24 heteroatoms. The number of hydrogen-bond acceptors (Lipinski definition) is 18. The highest BCUT2D eigenvalue weighted by Crippen LogP contribution is 2.29. The number of anilines is 12. The second-order valence-corrected chi connectivity index (χ2v) is 16.8. The maximum Gasteiger partial charge on any atom is 0.335 e. The van der Waals surface area contributed by atoms with Crippen LogP contribution in [0.15, 0.2) is 146 Å². The van der Waals surface area contributed by atoms with E-state index in [9.17, 15) is 14.4 Å². The number of nitrogens with zero attached hydrogens (tertiary/aromatic N) is 8. The first kappa shape index (κ1) is 63.7. The highest BCUT2D eigenvalue weighted by molar-refractivity contribution is 6.29. The van der Waals surface area contributed by atoms with Crippen molar-refractivity contribution in [3.8, 4) is 0 Å². The Labute approximate surface area is 479 Å². The zero-order chi connectivity index (χ0) is 56.2. The quantitative estimate of drug-likeness (QED) is 0.0425. The van der Waals surface area contributed by atoms with Crippen LogP contribution in [0.2, 0.25) is 5.15 Å². The Kier molecular flexibility index (Phi) is 24.9. The predicted octanol–water partition coefficient (Wildman–Crippen LogP) is 12.1. The molecule has 0 spiro atoms. The Hall–Kier alpha value is -9.57. The molecule has 4 aromatic heterocycles. The molecule has 0 aliphatic carbocycles. The molecule has 0 atom stereocenters. The minimum atomic E-state index is -0.955. The molecule has 0 aliphatic heterocycles. The van der Waals surface area contributed by atoms with Crippen LogP contribution in [0.1, 0.15) is 67.4 Å². The van der Waals surface area contributed by atoms with E-state index >= 15 is 0 Å². The summed E-state index contributed by atoms with van der Waals surface area (Å²) in [6.45, 7) is 5.47. The number of pyridine rings is 1. The first-order chi connectivity index (χ1) is 36.8. The molecular weight excluding hydrogens is 1070 g/mol. The van der Waals surface area contributed by atoms with Gasteiger partial charge in [0.2, 0.25) is 17.8 Å². The van der Waals surface area contributed by atoms with Crippen LogP contribution >= 0.6 is 36.4 Å². The Bertz CT molecular complexity index is 3360. The molecule has 0 bridgehead atoms. The minimum absolute atomic E-state index is 0. The van der Waals surface area contributed by atoms with Gasteiger partial charge in [0.1, 0.15) is 16.8 Å². The summed E-state index contributed by atoms with van der Waals surface area (Å²) in [4.78, 5) is 64.0. The van der Waals surface area contributed by atoms with Gasteiger partial charge >= 0.3 is 11.9 Å². The van der Waals surface area contributed by atoms with Crippen LogP contribution in [0.3, 0.4) is 0 Å². The number of carbonyl (C=O) groups excluding carboxylic acids is 1. The molecule has 1 amide bonds. The maximum absolute atomic E-state index is 12.8. The number of benzene rings is 5. The van der Waals surface area contributed by atoms with Crippen molar-refractivity contribution in [2.45, 2.75) is 35.6 Å². The van der Waals surface area contributed by atoms with Crippen molar-refractivity contribution >= 4 is 134 Å². The summed E-state index contributed by atoms with van der Waals surface area (Å²) in [5, 5.41) is 31.2. The number of halogens is 3. The van der Waals surface area contributed by atoms with Crippen LogP contribution in [-0.4, -0.2) is 77.0 Å². The molecule has 14 N–H and O–H groups in total. The third kappa shape index (κ3) is 20.5. The lowest BCUT2D eigenvalue weighted by atomic mass is 10.1. The number of aromatic carboxylic acids is 2. The zero-order valence-corrected chi connectivity index (χ0v) is 44.4. The SMILES string of the molecule is C.C.Cc1cc(Cl)nc(N)n1.Cc1cc(Nc2ccc(C(=O)Nc3ccc(Nc4ccnc5ccc(N(C)C)cc45)cc3)cc2)nc(N)n1.Cc1cc(Nc2ccc(C(=O)O)cc2)nc(N)n1.Cl.Cl.Nc1ccc(C(=O)O)cc1.[2HH].[2H][2H]. The molecule has 418 valence electrons. The fourth-order valence-corrected chi connectivity index (χ4v) is 6.95. The summed E-state index contributed by atoms with van der Waals surface area (Å²) >= 11 is 5.52. The molecule has 0 unspecified atom stereocenters. The van der Waals surface area contributed by atoms with E-state index in [-0.39, 0.29) is 76.0 Å². The van der Waals surface area contributed by atoms with Gasteiger partial charge in [-0.3, -0.25) is 9.78 Å². The van der Waals surface area contributed by atoms with E-state index < -0.39 is 11.9 Å². The average molecular weight is 1140 g/mol. The lowest BCUT2D eigenvalue weighted by molar-refractivity contribution is 0.0686. The van der Waals surface area contributed by atoms with Gasteiger partial charge in [0.25, 0.3) is 5.91 Å². The van der Waals surface area contributed by atoms with E-state index in [0.717, 1.165) is 56.4 Å². The van der Waals surface area contributed by atoms with Gasteiger partial charge in [-0.2, -0.15) is 9.97 Å². The lowest BCUT2D eigenvalue weighted by Crippen LogP contribution is -2.11. The Balaban J connectivity index is 0.00000124. The molecule has 0 saturated heterocycles. The molecule has 0 aliphatic rings. The maximum atomic E-state index is 12.8. The highest BCUT2D eigenvalue weighted by Gasteiger charge is 2.10. The topological polar surface area (TPSA) is 337 Å². The van der Waals surface area contributed by atoms with Crippen molar-refractivity contribution in [3.63, 3.8) is 0 Å². The van der Waals surface area contributed by atoms with Crippen molar-refractivity contribution < 1.29 is 29.0 Å². The normalized spacial score (nSPS) is 9.80. The Morgan fingerprint density at radius 2 is 0.949 bits per heavy atom. The Morgan fingerprint density at radius 1 is 0.532 bits per heavy atom. The van der Waals surface area contributed by atoms with Gasteiger partial charge in [0, 0.05) is 105 Å². The summed E-state index contributed by atoms with van der Waals surface area (Å²) in [7, 11) is 4.03. The number of fused-ring (bicyclic) bond motifs is 1. The van der Waals surface area contributed by atoms with Crippen LogP contribution in [0, 0.1) is 20.8 Å². The first-order valence-corrected chi connectivity index (χ1v) is 22.9. The van der Waals surface area contributed by atoms with Crippen LogP contribution < -0.4 is 49.1 Å². The van der Waals surface area contributed by atoms with E-state index in [4.69, 9.17) is 47.7 Å². The summed E-state index contributed by atoms with van der Waals surface area (Å²) in [5.74, 6) is -0.293. The standard InChI is InChI=1S/C29H28N8O.C12H12N4O2.C7H7NO2.C5H6ClN3.2CH4.2ClH.2H2/c1-18-16-27(36-29(30)32-18)34-21-6-4-19(5-7-21)28(38)35-22-10-8-20(9-11-22)33-26-14-15-31-25-13-12-23(37(2)3)17-24(25)26;1-7-6-10(16-12(13)14-7)15-9-4-2-8(3-5-9)11(17)18;8-6-3-1-5(2-4-6)7(9)10;1-3-2-4(6)9-5(7)8-3;;;;;;/h4-17H,1-3H3,(H,31,33)(H,35,38)(H3,30,32,34,36);2-6H,1H3,(H,17,18)(H3,13,14,15,16);1-4H,8H2,(H,9,10);2H,1H3,(H2,7,8,9);2*1H4;4*1H/i;;;;;;;;1+1D;1+1. The number of amides is 1. The fourth-order valence-electron chi connectivity index (χ4n) is 6.70. The third-order valence-electron chi connectivity index (χ3n) is 10.2. The van der Waals surface area contributed by atoms with Gasteiger partial charge in [0.15, 0.2) is 0 Å². The summed E-state index contributed by atoms with van der Waals surface area (Å²) in [6.07, 6.45) is 1.79. The van der Waals surface area contributed by atoms with E-state index in [1.54, 1.807) is 60.8 Å². The van der Waals surface area contributed by atoms with Gasteiger partial charge in [-0.15, -0.1) is 24.8 Å². The lowest BCUT2D eigenvalue weighted by Gasteiger charge is -2.15. The molecular formula is C55H67Cl3N16O5. The van der Waals surface area contributed by atoms with Gasteiger partial charge in [0.05, 0.1) is 16.6 Å². The number of aromatic nitrogens is 7. The second-order valence-electron chi connectivity index (χ2n) is 16.4. The van der Waals surface area contributed by atoms with E-state index in [1.165, 1.54) is 24.3 Å². The highest BCUT2D eigenvalue weighted by atomic mass is 35.5. The predicted molar refractivity (Wildman–Crippen MR) is 329 cm³/mol. The fraction of sp³-hybridized carbons (Fsp3) is 0.127. The molecule has 0 radical (unpaired) electrons. The molecule has 5 aromatic carbocycles.